The van der Waals surface area contributed by atoms with E-state index in [0.717, 1.165) is 36.5 Å². The van der Waals surface area contributed by atoms with Gasteiger partial charge >= 0.3 is 0 Å². The molecular formula is C9H16N2O3S. The minimum absolute atomic E-state index is 0.188. The lowest BCUT2D eigenvalue weighted by Crippen LogP contribution is -2.43. The van der Waals surface area contributed by atoms with E-state index in [1.54, 1.807) is 0 Å². The summed E-state index contributed by atoms with van der Waals surface area (Å²) >= 11 is 0. The van der Waals surface area contributed by atoms with Gasteiger partial charge in [0.15, 0.2) is 0 Å². The Bertz CT molecular complexity index is 371. The Hall–Kier alpha value is -0.620. The van der Waals surface area contributed by atoms with Crippen LogP contribution in [0.2, 0.25) is 0 Å². The van der Waals surface area contributed by atoms with Crippen LogP contribution in [0.25, 0.3) is 0 Å². The van der Waals surface area contributed by atoms with E-state index in [1.165, 1.54) is 0 Å². The molecule has 0 aromatic carbocycles. The van der Waals surface area contributed by atoms with Crippen LogP contribution in [0.4, 0.5) is 0 Å². The molecule has 2 saturated heterocycles. The van der Waals surface area contributed by atoms with Gasteiger partial charge in [0.25, 0.3) is 0 Å². The number of sulfonamides is 1. The Morgan fingerprint density at radius 2 is 1.87 bits per heavy atom. The molecule has 0 unspecified atom stereocenters. The van der Waals surface area contributed by atoms with E-state index >= 15 is 0 Å². The molecule has 0 aliphatic carbocycles. The predicted octanol–water partition coefficient (Wildman–Crippen LogP) is -0.452. The first-order valence-corrected chi connectivity index (χ1v) is 7.03. The van der Waals surface area contributed by atoms with Crippen molar-refractivity contribution in [3.8, 4) is 0 Å². The molecule has 0 saturated carbocycles. The number of nitrogens with zero attached hydrogens (tertiary/aromatic N) is 1. The van der Waals surface area contributed by atoms with E-state index in [-0.39, 0.29) is 5.91 Å². The summed E-state index contributed by atoms with van der Waals surface area (Å²) in [5, 5.41) is 3.19. The minimum Gasteiger partial charge on any atom is -0.317 e. The molecule has 15 heavy (non-hydrogen) atoms. The molecule has 2 fully saturated rings. The number of carbonyl (C=O) groups is 1. The molecule has 86 valence electrons. The second-order valence-corrected chi connectivity index (χ2v) is 6.33. The van der Waals surface area contributed by atoms with Crippen molar-refractivity contribution in [3.05, 3.63) is 0 Å². The van der Waals surface area contributed by atoms with Gasteiger partial charge in [0, 0.05) is 6.54 Å². The third-order valence-electron chi connectivity index (χ3n) is 3.43. The van der Waals surface area contributed by atoms with Crippen LogP contribution in [0.5, 0.6) is 0 Å². The average molecular weight is 232 g/mol. The molecule has 0 aromatic heterocycles. The second-order valence-electron chi connectivity index (χ2n) is 4.42. The van der Waals surface area contributed by atoms with Crippen molar-refractivity contribution in [2.75, 3.05) is 25.9 Å². The van der Waals surface area contributed by atoms with Crippen molar-refractivity contribution >= 4 is 15.9 Å². The summed E-state index contributed by atoms with van der Waals surface area (Å²) in [4.78, 5) is 12.0. The van der Waals surface area contributed by atoms with E-state index in [1.807, 2.05) is 0 Å². The Morgan fingerprint density at radius 3 is 2.33 bits per heavy atom. The molecular weight excluding hydrogens is 216 g/mol. The third-order valence-corrected chi connectivity index (χ3v) is 4.58. The van der Waals surface area contributed by atoms with E-state index in [2.05, 4.69) is 5.32 Å². The van der Waals surface area contributed by atoms with E-state index in [4.69, 9.17) is 0 Å². The molecule has 0 atom stereocenters. The summed E-state index contributed by atoms with van der Waals surface area (Å²) in [6, 6.07) is 0. The van der Waals surface area contributed by atoms with Crippen LogP contribution < -0.4 is 5.32 Å². The van der Waals surface area contributed by atoms with E-state index in [9.17, 15) is 13.2 Å². The zero-order chi connectivity index (χ0) is 11.1. The first kappa shape index (κ1) is 10.9. The van der Waals surface area contributed by atoms with Gasteiger partial charge in [-0.2, -0.15) is 0 Å². The molecule has 5 nitrogen and oxygen atoms in total. The number of nitrogens with one attached hydrogen (secondary N) is 1. The van der Waals surface area contributed by atoms with Gasteiger partial charge in [-0.05, 0) is 32.4 Å². The highest BCUT2D eigenvalue weighted by atomic mass is 32.2. The number of carbonyl (C=O) groups excluding carboxylic acids is 1. The predicted molar refractivity (Wildman–Crippen MR) is 55.7 cm³/mol. The molecule has 0 bridgehead atoms. The Balaban J connectivity index is 2.23. The van der Waals surface area contributed by atoms with Gasteiger partial charge in [-0.25, -0.2) is 12.7 Å². The number of hydrogen-bond acceptors (Lipinski definition) is 4. The van der Waals surface area contributed by atoms with E-state index in [0.29, 0.717) is 13.0 Å². The zero-order valence-electron chi connectivity index (χ0n) is 8.82. The van der Waals surface area contributed by atoms with Gasteiger partial charge in [-0.15, -0.1) is 0 Å². The van der Waals surface area contributed by atoms with Crippen molar-refractivity contribution in [2.45, 2.75) is 19.3 Å². The molecule has 2 aliphatic rings. The maximum atomic E-state index is 12.0. The molecule has 1 amide bonds. The lowest BCUT2D eigenvalue weighted by atomic mass is 9.78. The second kappa shape index (κ2) is 3.45. The van der Waals surface area contributed by atoms with Crippen LogP contribution in [0.3, 0.4) is 0 Å². The van der Waals surface area contributed by atoms with Crippen LogP contribution in [0, 0.1) is 5.41 Å². The van der Waals surface area contributed by atoms with Crippen molar-refractivity contribution in [2.24, 2.45) is 5.41 Å². The molecule has 0 aromatic rings. The SMILES string of the molecule is CS(=O)(=O)N1CCC2(CCNCC2)C1=O. The van der Waals surface area contributed by atoms with Crippen LogP contribution in [-0.2, 0) is 14.8 Å². The Morgan fingerprint density at radius 1 is 1.27 bits per heavy atom. The normalized spacial score (nSPS) is 26.2. The molecule has 2 heterocycles. The molecule has 0 radical (unpaired) electrons. The number of hydrogen-bond donors (Lipinski definition) is 1. The van der Waals surface area contributed by atoms with Gasteiger partial charge in [-0.3, -0.25) is 4.79 Å². The first-order chi connectivity index (χ1) is 6.96. The number of amides is 1. The molecule has 2 rings (SSSR count). The number of rotatable bonds is 1. The van der Waals surface area contributed by atoms with Crippen LogP contribution in [-0.4, -0.2) is 44.5 Å². The lowest BCUT2D eigenvalue weighted by molar-refractivity contribution is -0.133. The number of piperidine rings is 1. The first-order valence-electron chi connectivity index (χ1n) is 5.19. The lowest BCUT2D eigenvalue weighted by Gasteiger charge is -2.31. The zero-order valence-corrected chi connectivity index (χ0v) is 9.64. The van der Waals surface area contributed by atoms with E-state index < -0.39 is 15.4 Å². The van der Waals surface area contributed by atoms with Crippen LogP contribution in [0.1, 0.15) is 19.3 Å². The fourth-order valence-corrected chi connectivity index (χ4v) is 3.39. The molecule has 2 aliphatic heterocycles. The largest absolute Gasteiger partial charge is 0.317 e. The van der Waals surface area contributed by atoms with Crippen LogP contribution >= 0.6 is 0 Å². The van der Waals surface area contributed by atoms with Crippen molar-refractivity contribution < 1.29 is 13.2 Å². The van der Waals surface area contributed by atoms with Crippen LogP contribution in [0.15, 0.2) is 0 Å². The molecule has 1 spiro atoms. The van der Waals surface area contributed by atoms with Gasteiger partial charge in [0.2, 0.25) is 15.9 Å². The maximum Gasteiger partial charge on any atom is 0.242 e. The Labute approximate surface area is 89.9 Å². The fraction of sp³-hybridized carbons (Fsp3) is 0.889. The van der Waals surface area contributed by atoms with Crippen molar-refractivity contribution in [3.63, 3.8) is 0 Å². The highest BCUT2D eigenvalue weighted by molar-refractivity contribution is 7.88. The molecule has 1 N–H and O–H groups in total. The molecule has 6 heteroatoms. The van der Waals surface area contributed by atoms with Gasteiger partial charge in [-0.1, -0.05) is 0 Å². The highest BCUT2D eigenvalue weighted by Gasteiger charge is 2.49. The van der Waals surface area contributed by atoms with Gasteiger partial charge in [0.1, 0.15) is 0 Å². The summed E-state index contributed by atoms with van der Waals surface area (Å²) < 4.78 is 23.8. The Kier molecular flexibility index (Phi) is 2.50. The minimum atomic E-state index is -3.36. The topological polar surface area (TPSA) is 66.5 Å². The quantitative estimate of drug-likeness (QED) is 0.665. The van der Waals surface area contributed by atoms with Crippen molar-refractivity contribution in [1.82, 2.24) is 9.62 Å². The third kappa shape index (κ3) is 1.76. The summed E-state index contributed by atoms with van der Waals surface area (Å²) in [7, 11) is -3.36. The van der Waals surface area contributed by atoms with Gasteiger partial charge in [0.05, 0.1) is 11.7 Å². The standard InChI is InChI=1S/C9H16N2O3S/c1-15(13,14)11-7-4-9(8(11)12)2-5-10-6-3-9/h10H,2-7H2,1H3. The smallest absolute Gasteiger partial charge is 0.242 e. The maximum absolute atomic E-state index is 12.0. The summed E-state index contributed by atoms with van der Waals surface area (Å²) in [6.45, 7) is 1.98. The highest BCUT2D eigenvalue weighted by Crippen LogP contribution is 2.40. The van der Waals surface area contributed by atoms with Gasteiger partial charge < -0.3 is 5.32 Å². The summed E-state index contributed by atoms with van der Waals surface area (Å²) in [6.07, 6.45) is 3.31. The monoisotopic (exact) mass is 232 g/mol. The summed E-state index contributed by atoms with van der Waals surface area (Å²) in [5.74, 6) is -0.188. The fourth-order valence-electron chi connectivity index (χ4n) is 2.47. The summed E-state index contributed by atoms with van der Waals surface area (Å²) in [5.41, 5.74) is -0.395. The average Bonchev–Trinajstić information content (AvgIpc) is 2.45. The van der Waals surface area contributed by atoms with Crippen molar-refractivity contribution in [1.29, 1.82) is 0 Å².